The van der Waals surface area contributed by atoms with Crippen LogP contribution in [0.25, 0.3) is 0 Å². The molecule has 1 aromatic rings. The van der Waals surface area contributed by atoms with Crippen LogP contribution >= 0.6 is 12.2 Å². The predicted molar refractivity (Wildman–Crippen MR) is 81.2 cm³/mol. The van der Waals surface area contributed by atoms with E-state index in [4.69, 9.17) is 22.7 Å². The third kappa shape index (κ3) is 2.60. The summed E-state index contributed by atoms with van der Waals surface area (Å²) in [5, 5.41) is 6.36. The maximum absolute atomic E-state index is 11.7. The highest BCUT2D eigenvalue weighted by Crippen LogP contribution is 2.31. The van der Waals surface area contributed by atoms with Crippen LogP contribution in [0, 0.1) is 12.8 Å². The molecule has 6 heteroatoms. The van der Waals surface area contributed by atoms with Gasteiger partial charge < -0.3 is 21.1 Å². The van der Waals surface area contributed by atoms with Crippen molar-refractivity contribution in [1.29, 1.82) is 0 Å². The molecule has 4 N–H and O–H groups in total. The summed E-state index contributed by atoms with van der Waals surface area (Å²) >= 11 is 5.12. The number of hydrogen-bond donors (Lipinski definition) is 3. The van der Waals surface area contributed by atoms with Crippen LogP contribution in [0.5, 0.6) is 5.75 Å². The number of amides is 1. The number of primary amides is 1. The zero-order chi connectivity index (χ0) is 14.9. The fourth-order valence-corrected chi connectivity index (χ4v) is 2.65. The number of thiocarbonyl (C=S) groups is 1. The summed E-state index contributed by atoms with van der Waals surface area (Å²) in [6.45, 7) is 5.78. The quantitative estimate of drug-likeness (QED) is 0.728. The van der Waals surface area contributed by atoms with Gasteiger partial charge in [0.15, 0.2) is 5.11 Å². The van der Waals surface area contributed by atoms with Gasteiger partial charge in [-0.1, -0.05) is 18.7 Å². The molecule has 0 radical (unpaired) electrons. The van der Waals surface area contributed by atoms with Crippen LogP contribution in [0.4, 0.5) is 0 Å². The molecule has 0 saturated carbocycles. The molecule has 0 aliphatic carbocycles. The van der Waals surface area contributed by atoms with E-state index >= 15 is 0 Å². The van der Waals surface area contributed by atoms with E-state index in [0.29, 0.717) is 10.8 Å². The maximum atomic E-state index is 11.7. The number of benzene rings is 1. The Hall–Kier alpha value is -2.08. The molecule has 1 aliphatic rings. The molecule has 106 valence electrons. The molecule has 1 fully saturated rings. The lowest BCUT2D eigenvalue weighted by Crippen LogP contribution is -2.52. The van der Waals surface area contributed by atoms with E-state index in [1.165, 1.54) is 0 Å². The molecule has 2 unspecified atom stereocenters. The number of rotatable bonds is 3. The summed E-state index contributed by atoms with van der Waals surface area (Å²) in [5.74, 6) is -0.217. The zero-order valence-electron chi connectivity index (χ0n) is 11.4. The van der Waals surface area contributed by atoms with Gasteiger partial charge in [0.1, 0.15) is 11.7 Å². The number of hydrogen-bond acceptors (Lipinski definition) is 3. The second kappa shape index (κ2) is 5.50. The van der Waals surface area contributed by atoms with E-state index in [-0.39, 0.29) is 6.04 Å². The summed E-state index contributed by atoms with van der Waals surface area (Å²) in [6.07, 6.45) is 0. The third-order valence-electron chi connectivity index (χ3n) is 3.35. The standard InChI is InChI=1S/C14H17N3O2S/c1-7-6-9(4-5-10(7)19-3)12-11(13(15)18)8(2)16-14(20)17-12/h4-6,11-12H,2H2,1,3H3,(H2,15,18)(H2,16,17,20). The number of carbonyl (C=O) groups is 1. The van der Waals surface area contributed by atoms with Crippen LogP contribution in [0.15, 0.2) is 30.5 Å². The first-order chi connectivity index (χ1) is 9.43. The minimum absolute atomic E-state index is 0.321. The summed E-state index contributed by atoms with van der Waals surface area (Å²) < 4.78 is 5.24. The Morgan fingerprint density at radius 1 is 1.50 bits per heavy atom. The topological polar surface area (TPSA) is 76.4 Å². The highest BCUT2D eigenvalue weighted by atomic mass is 32.1. The van der Waals surface area contributed by atoms with Crippen LogP contribution in [0.3, 0.4) is 0 Å². The number of carbonyl (C=O) groups excluding carboxylic acids is 1. The molecule has 0 bridgehead atoms. The van der Waals surface area contributed by atoms with Gasteiger partial charge in [-0.15, -0.1) is 0 Å². The molecule has 0 spiro atoms. The minimum Gasteiger partial charge on any atom is -0.496 e. The average molecular weight is 291 g/mol. The van der Waals surface area contributed by atoms with Crippen molar-refractivity contribution in [1.82, 2.24) is 10.6 Å². The van der Waals surface area contributed by atoms with Gasteiger partial charge >= 0.3 is 0 Å². The summed E-state index contributed by atoms with van der Waals surface area (Å²) in [5.41, 5.74) is 7.88. The number of nitrogens with one attached hydrogen (secondary N) is 2. The van der Waals surface area contributed by atoms with Crippen molar-refractivity contribution in [2.24, 2.45) is 11.7 Å². The Bertz CT molecular complexity index is 586. The Balaban J connectivity index is 2.41. The Labute approximate surface area is 123 Å². The van der Waals surface area contributed by atoms with Crippen molar-refractivity contribution in [3.05, 3.63) is 41.6 Å². The van der Waals surface area contributed by atoms with E-state index < -0.39 is 11.8 Å². The fraction of sp³-hybridized carbons (Fsp3) is 0.286. The average Bonchev–Trinajstić information content (AvgIpc) is 2.37. The molecule has 1 saturated heterocycles. The lowest BCUT2D eigenvalue weighted by Gasteiger charge is -2.34. The first-order valence-corrected chi connectivity index (χ1v) is 6.55. The van der Waals surface area contributed by atoms with E-state index in [1.54, 1.807) is 7.11 Å². The zero-order valence-corrected chi connectivity index (χ0v) is 12.2. The van der Waals surface area contributed by atoms with Crippen molar-refractivity contribution in [2.75, 3.05) is 7.11 Å². The highest BCUT2D eigenvalue weighted by Gasteiger charge is 2.35. The molecule has 20 heavy (non-hydrogen) atoms. The Morgan fingerprint density at radius 2 is 2.20 bits per heavy atom. The van der Waals surface area contributed by atoms with Crippen molar-refractivity contribution in [2.45, 2.75) is 13.0 Å². The van der Waals surface area contributed by atoms with Crippen LogP contribution in [-0.2, 0) is 4.79 Å². The van der Waals surface area contributed by atoms with Crippen molar-refractivity contribution in [3.8, 4) is 5.75 Å². The molecule has 1 heterocycles. The summed E-state index contributed by atoms with van der Waals surface area (Å²) in [4.78, 5) is 11.7. The van der Waals surface area contributed by atoms with Crippen molar-refractivity contribution >= 4 is 23.2 Å². The minimum atomic E-state index is -0.561. The maximum Gasteiger partial charge on any atom is 0.228 e. The lowest BCUT2D eigenvalue weighted by atomic mass is 9.88. The number of methoxy groups -OCH3 is 1. The second-order valence-corrected chi connectivity index (χ2v) is 5.12. The molecular formula is C14H17N3O2S. The van der Waals surface area contributed by atoms with Crippen molar-refractivity contribution < 1.29 is 9.53 Å². The predicted octanol–water partition coefficient (Wildman–Crippen LogP) is 1.14. The highest BCUT2D eigenvalue weighted by molar-refractivity contribution is 7.80. The molecular weight excluding hydrogens is 274 g/mol. The molecule has 1 aliphatic heterocycles. The number of aryl methyl sites for hydroxylation is 1. The molecule has 2 rings (SSSR count). The molecule has 1 aromatic carbocycles. The number of nitrogens with two attached hydrogens (primary N) is 1. The van der Waals surface area contributed by atoms with E-state index in [2.05, 4.69) is 17.2 Å². The van der Waals surface area contributed by atoms with Gasteiger partial charge in [-0.3, -0.25) is 4.79 Å². The van der Waals surface area contributed by atoms with Crippen molar-refractivity contribution in [3.63, 3.8) is 0 Å². The van der Waals surface area contributed by atoms with Gasteiger partial charge in [0.2, 0.25) is 5.91 Å². The van der Waals surface area contributed by atoms with Crippen LogP contribution < -0.4 is 21.1 Å². The van der Waals surface area contributed by atoms with Gasteiger partial charge in [-0.2, -0.15) is 0 Å². The van der Waals surface area contributed by atoms with Gasteiger partial charge in [-0.25, -0.2) is 0 Å². The summed E-state index contributed by atoms with van der Waals surface area (Å²) in [7, 11) is 1.62. The Kier molecular flexibility index (Phi) is 3.94. The molecule has 2 atom stereocenters. The van der Waals surface area contributed by atoms with E-state index in [9.17, 15) is 4.79 Å². The van der Waals surface area contributed by atoms with Crippen LogP contribution in [0.1, 0.15) is 17.2 Å². The number of ether oxygens (including phenoxy) is 1. The van der Waals surface area contributed by atoms with Gasteiger partial charge in [0.25, 0.3) is 0 Å². The largest absolute Gasteiger partial charge is 0.496 e. The Morgan fingerprint density at radius 3 is 2.75 bits per heavy atom. The molecule has 5 nitrogen and oxygen atoms in total. The second-order valence-electron chi connectivity index (χ2n) is 4.71. The van der Waals surface area contributed by atoms with Crippen LogP contribution in [0.2, 0.25) is 0 Å². The lowest BCUT2D eigenvalue weighted by molar-refractivity contribution is -0.121. The van der Waals surface area contributed by atoms with Gasteiger partial charge in [-0.05, 0) is 36.3 Å². The first-order valence-electron chi connectivity index (χ1n) is 6.14. The van der Waals surface area contributed by atoms with E-state index in [0.717, 1.165) is 16.9 Å². The van der Waals surface area contributed by atoms with Gasteiger partial charge in [0.05, 0.1) is 13.2 Å². The fourth-order valence-electron chi connectivity index (χ4n) is 2.39. The normalized spacial score (nSPS) is 21.9. The summed E-state index contributed by atoms with van der Waals surface area (Å²) in [6, 6.07) is 5.38. The third-order valence-corrected chi connectivity index (χ3v) is 3.57. The molecule has 0 aromatic heterocycles. The first kappa shape index (κ1) is 14.3. The SMILES string of the molecule is C=C1NC(=S)NC(c2ccc(OC)c(C)c2)C1C(N)=O. The van der Waals surface area contributed by atoms with E-state index in [1.807, 2.05) is 25.1 Å². The smallest absolute Gasteiger partial charge is 0.228 e. The van der Waals surface area contributed by atoms with Gasteiger partial charge in [0, 0.05) is 5.70 Å². The van der Waals surface area contributed by atoms with Crippen LogP contribution in [-0.4, -0.2) is 18.1 Å². The molecule has 1 amide bonds. The monoisotopic (exact) mass is 291 g/mol.